The van der Waals surface area contributed by atoms with Gasteiger partial charge in [-0.3, -0.25) is 0 Å². The average molecular weight is 1020 g/mol. The fourth-order valence-corrected chi connectivity index (χ4v) is 15.5. The smallest absolute Gasteiger partial charge is 0.264 e. The summed E-state index contributed by atoms with van der Waals surface area (Å²) >= 11 is 2.01. The molecule has 0 spiro atoms. The Hall–Kier alpha value is -6.82. The lowest BCUT2D eigenvalue weighted by atomic mass is 9.36. The van der Waals surface area contributed by atoms with Crippen LogP contribution >= 0.6 is 11.3 Å². The summed E-state index contributed by atoms with van der Waals surface area (Å²) in [5.41, 5.74) is 26.0. The second-order valence-electron chi connectivity index (χ2n) is 27.8. The minimum absolute atomic E-state index is 0.00970. The van der Waals surface area contributed by atoms with Crippen LogP contribution in [0.25, 0.3) is 21.2 Å². The van der Waals surface area contributed by atoms with E-state index < -0.39 is 0 Å². The predicted molar refractivity (Wildman–Crippen MR) is 335 cm³/mol. The molecule has 0 unspecified atom stereocenters. The quantitative estimate of drug-likeness (QED) is 0.159. The first-order chi connectivity index (χ1) is 36.3. The fourth-order valence-electron chi connectivity index (χ4n) is 14.2. The topological polar surface area (TPSA) is 9.72 Å². The van der Waals surface area contributed by atoms with E-state index in [1.165, 1.54) is 110 Å². The van der Waals surface area contributed by atoms with Crippen molar-refractivity contribution in [3.63, 3.8) is 0 Å². The average Bonchev–Trinajstić information content (AvgIpc) is 3.89. The van der Waals surface area contributed by atoms with Crippen molar-refractivity contribution in [2.45, 2.75) is 143 Å². The van der Waals surface area contributed by atoms with Crippen molar-refractivity contribution < 1.29 is 0 Å². The van der Waals surface area contributed by atoms with E-state index >= 15 is 0 Å². The number of rotatable bonds is 5. The SMILES string of the molecule is CC(C)(C)c1ccc(N(c2ccc(C(C)(C)C)cc2)c2ccc3c(c2)N(c2ccc4c(c2)C(C)(C)CC4(C)C)c2cccc4c2B3c2sc3cc5c(cc3c2N4c2ccc(C(C)(C)C)cc2)-c2ccccc2C5(C)C)cc1. The molecule has 0 saturated heterocycles. The van der Waals surface area contributed by atoms with E-state index in [2.05, 4.69) is 282 Å². The minimum atomic E-state index is -0.108. The summed E-state index contributed by atoms with van der Waals surface area (Å²) in [6.45, 7) is 35.3. The molecular weight excluding hydrogens is 950 g/mol. The zero-order valence-corrected chi connectivity index (χ0v) is 48.9. The van der Waals surface area contributed by atoms with E-state index in [9.17, 15) is 0 Å². The Balaban J connectivity index is 1.09. The van der Waals surface area contributed by atoms with Crippen molar-refractivity contribution in [2.24, 2.45) is 0 Å². The second kappa shape index (κ2) is 16.6. The number of thiophene rings is 1. The maximum absolute atomic E-state index is 2.63. The van der Waals surface area contributed by atoms with Gasteiger partial charge >= 0.3 is 0 Å². The van der Waals surface area contributed by atoms with Crippen LogP contribution in [0.3, 0.4) is 0 Å². The maximum atomic E-state index is 2.63. The predicted octanol–water partition coefficient (Wildman–Crippen LogP) is 18.6. The normalized spacial score (nSPS) is 16.4. The molecule has 5 heteroatoms. The monoisotopic (exact) mass is 1020 g/mol. The second-order valence-corrected chi connectivity index (χ2v) is 28.9. The van der Waals surface area contributed by atoms with Crippen LogP contribution in [-0.2, 0) is 32.5 Å². The molecule has 77 heavy (non-hydrogen) atoms. The molecule has 2 aliphatic carbocycles. The van der Waals surface area contributed by atoms with Gasteiger partial charge in [-0.25, -0.2) is 0 Å². The summed E-state index contributed by atoms with van der Waals surface area (Å²) in [5.74, 6) is 0. The Morgan fingerprint density at radius 1 is 0.455 bits per heavy atom. The summed E-state index contributed by atoms with van der Waals surface area (Å²) in [5, 5.41) is 1.32. The van der Waals surface area contributed by atoms with Gasteiger partial charge in [0.25, 0.3) is 6.71 Å². The number of hydrogen-bond donors (Lipinski definition) is 0. The van der Waals surface area contributed by atoms with Gasteiger partial charge in [-0.2, -0.15) is 0 Å². The zero-order chi connectivity index (χ0) is 54.1. The highest BCUT2D eigenvalue weighted by molar-refractivity contribution is 7.33. The van der Waals surface area contributed by atoms with E-state index in [0.29, 0.717) is 0 Å². The highest BCUT2D eigenvalue weighted by atomic mass is 32.1. The summed E-state index contributed by atoms with van der Waals surface area (Å²) < 4.78 is 2.74. The van der Waals surface area contributed by atoms with Gasteiger partial charge in [0.2, 0.25) is 0 Å². The molecular formula is C72H74BN3S. The van der Waals surface area contributed by atoms with Gasteiger partial charge in [-0.1, -0.05) is 183 Å². The third-order valence-electron chi connectivity index (χ3n) is 18.1. The summed E-state index contributed by atoms with van der Waals surface area (Å²) in [6.07, 6.45) is 1.11. The van der Waals surface area contributed by atoms with Crippen LogP contribution in [-0.4, -0.2) is 6.71 Å². The van der Waals surface area contributed by atoms with Crippen molar-refractivity contribution in [2.75, 3.05) is 14.7 Å². The fraction of sp³-hybridized carbons (Fsp3) is 0.306. The van der Waals surface area contributed by atoms with Crippen LogP contribution < -0.4 is 30.4 Å². The number of benzene rings is 8. The van der Waals surface area contributed by atoms with Crippen LogP contribution in [0.4, 0.5) is 51.2 Å². The van der Waals surface area contributed by atoms with Crippen molar-refractivity contribution >= 4 is 95.0 Å². The number of hydrogen-bond acceptors (Lipinski definition) is 4. The van der Waals surface area contributed by atoms with Gasteiger partial charge in [0.15, 0.2) is 0 Å². The molecule has 0 radical (unpaired) electrons. The Morgan fingerprint density at radius 2 is 1.00 bits per heavy atom. The van der Waals surface area contributed by atoms with Crippen molar-refractivity contribution in [3.05, 3.63) is 203 Å². The van der Waals surface area contributed by atoms with Gasteiger partial charge < -0.3 is 14.7 Å². The van der Waals surface area contributed by atoms with Crippen LogP contribution in [0.1, 0.15) is 149 Å². The molecule has 0 fully saturated rings. The highest BCUT2D eigenvalue weighted by Crippen LogP contribution is 2.56. The van der Waals surface area contributed by atoms with Crippen LogP contribution in [0.15, 0.2) is 164 Å². The standard InChI is InChI=1S/C72H74BN3S/c1-67(2,3)44-23-29-47(30-24-44)74(48-31-25-45(26-32-48)68(4,5)6)51-36-38-59-62(40-51)75(50-35-37-56-58(39-50)71(12,13)43-70(56,10)11)60-21-18-22-61-64(60)73(59)66-65(76(61)49-33-27-46(28-34-49)69(7,8)9)54-41-53-52-19-16-17-20-55(52)72(14,15)57(53)42-63(54)77-66/h16-42H,43H2,1-15H3. The first kappa shape index (κ1) is 49.7. The highest BCUT2D eigenvalue weighted by Gasteiger charge is 2.48. The van der Waals surface area contributed by atoms with Gasteiger partial charge in [0.1, 0.15) is 0 Å². The third-order valence-corrected chi connectivity index (χ3v) is 19.3. The Kier molecular flexibility index (Phi) is 10.7. The van der Waals surface area contributed by atoms with E-state index in [0.717, 1.165) is 23.5 Å². The molecule has 9 aromatic rings. The molecule has 2 aliphatic heterocycles. The van der Waals surface area contributed by atoms with Gasteiger partial charge in [-0.05, 0) is 179 Å². The van der Waals surface area contributed by atoms with Gasteiger partial charge in [-0.15, -0.1) is 11.3 Å². The molecule has 386 valence electrons. The number of anilines is 9. The lowest BCUT2D eigenvalue weighted by molar-refractivity contribution is 0.403. The van der Waals surface area contributed by atoms with Crippen molar-refractivity contribution in [3.8, 4) is 11.1 Å². The van der Waals surface area contributed by atoms with Crippen LogP contribution in [0.5, 0.6) is 0 Å². The molecule has 1 aromatic heterocycles. The summed E-state index contributed by atoms with van der Waals surface area (Å²) in [7, 11) is 0. The summed E-state index contributed by atoms with van der Waals surface area (Å²) in [6, 6.07) is 64.2. The molecule has 4 aliphatic rings. The van der Waals surface area contributed by atoms with Crippen molar-refractivity contribution in [1.82, 2.24) is 0 Å². The first-order valence-corrected chi connectivity index (χ1v) is 29.0. The molecule has 3 nitrogen and oxygen atoms in total. The van der Waals surface area contributed by atoms with E-state index in [1.54, 1.807) is 0 Å². The molecule has 0 bridgehead atoms. The van der Waals surface area contributed by atoms with Gasteiger partial charge in [0.05, 0.1) is 5.69 Å². The maximum Gasteiger partial charge on any atom is 0.264 e. The Labute approximate surface area is 463 Å². The molecule has 0 atom stereocenters. The minimum Gasteiger partial charge on any atom is -0.311 e. The Morgan fingerprint density at radius 3 is 1.61 bits per heavy atom. The number of fused-ring (bicyclic) bond motifs is 10. The summed E-state index contributed by atoms with van der Waals surface area (Å²) in [4.78, 5) is 7.74. The third kappa shape index (κ3) is 7.64. The van der Waals surface area contributed by atoms with Crippen molar-refractivity contribution in [1.29, 1.82) is 0 Å². The number of nitrogens with zero attached hydrogens (tertiary/aromatic N) is 3. The van der Waals surface area contributed by atoms with Crippen LogP contribution in [0.2, 0.25) is 0 Å². The van der Waals surface area contributed by atoms with E-state index in [-0.39, 0.29) is 39.2 Å². The van der Waals surface area contributed by atoms with Crippen LogP contribution in [0, 0.1) is 0 Å². The molecule has 13 rings (SSSR count). The van der Waals surface area contributed by atoms with E-state index in [1.807, 2.05) is 11.3 Å². The van der Waals surface area contributed by atoms with E-state index in [4.69, 9.17) is 0 Å². The lowest BCUT2D eigenvalue weighted by Crippen LogP contribution is -2.60. The molecule has 0 N–H and O–H groups in total. The lowest BCUT2D eigenvalue weighted by Gasteiger charge is -2.43. The van der Waals surface area contributed by atoms with Gasteiger partial charge in [0, 0.05) is 65.8 Å². The largest absolute Gasteiger partial charge is 0.311 e. The Bertz CT molecular complexity index is 3810. The molecule has 0 saturated carbocycles. The molecule has 0 amide bonds. The molecule has 3 heterocycles. The zero-order valence-electron chi connectivity index (χ0n) is 48.1. The molecule has 8 aromatic carbocycles. The first-order valence-electron chi connectivity index (χ1n) is 28.2.